The van der Waals surface area contributed by atoms with Gasteiger partial charge in [-0.25, -0.2) is 0 Å². The van der Waals surface area contributed by atoms with Crippen molar-refractivity contribution in [1.82, 2.24) is 4.90 Å². The Kier molecular flexibility index (Phi) is 2.84. The zero-order chi connectivity index (χ0) is 8.48. The second-order valence-corrected chi connectivity index (χ2v) is 4.44. The van der Waals surface area contributed by atoms with Crippen molar-refractivity contribution in [1.29, 1.82) is 0 Å². The smallest absolute Gasteiger partial charge is 0.0646 e. The molecule has 1 saturated heterocycles. The molecule has 11 heavy (non-hydrogen) atoms. The fourth-order valence-corrected chi connectivity index (χ4v) is 1.99. The van der Waals surface area contributed by atoms with E-state index in [9.17, 15) is 0 Å². The number of thiol groups is 1. The Balaban J connectivity index is 2.60. The molecule has 0 radical (unpaired) electrons. The summed E-state index contributed by atoms with van der Waals surface area (Å²) in [5, 5.41) is 0.328. The minimum absolute atomic E-state index is 0.152. The van der Waals surface area contributed by atoms with Crippen LogP contribution in [0.3, 0.4) is 0 Å². The predicted molar refractivity (Wildman–Crippen MR) is 50.1 cm³/mol. The lowest BCUT2D eigenvalue weighted by molar-refractivity contribution is -0.0536. The average molecular weight is 175 g/mol. The number of nitrogens with zero attached hydrogens (tertiary/aromatic N) is 1. The molecule has 1 atom stereocenters. The molecule has 1 aliphatic rings. The van der Waals surface area contributed by atoms with E-state index >= 15 is 0 Å². The molecule has 1 heterocycles. The lowest BCUT2D eigenvalue weighted by Gasteiger charge is -2.44. The van der Waals surface area contributed by atoms with Crippen molar-refractivity contribution in [2.45, 2.75) is 31.7 Å². The van der Waals surface area contributed by atoms with Gasteiger partial charge in [0.25, 0.3) is 0 Å². The maximum absolute atomic E-state index is 5.39. The van der Waals surface area contributed by atoms with E-state index in [1.807, 2.05) is 0 Å². The monoisotopic (exact) mass is 175 g/mol. The number of hydrogen-bond acceptors (Lipinski definition) is 3. The molecule has 0 spiro atoms. The van der Waals surface area contributed by atoms with E-state index in [-0.39, 0.29) is 5.54 Å². The highest BCUT2D eigenvalue weighted by Crippen LogP contribution is 2.22. The summed E-state index contributed by atoms with van der Waals surface area (Å²) in [4.78, 5) is 2.36. The molecule has 0 aromatic carbocycles. The minimum atomic E-state index is 0.152. The summed E-state index contributed by atoms with van der Waals surface area (Å²) in [6.07, 6.45) is 0. The highest BCUT2D eigenvalue weighted by Gasteiger charge is 2.32. The quantitative estimate of drug-likeness (QED) is 0.604. The molecule has 1 rings (SSSR count). The Bertz CT molecular complexity index is 136. The van der Waals surface area contributed by atoms with E-state index in [4.69, 9.17) is 4.74 Å². The van der Waals surface area contributed by atoms with Crippen molar-refractivity contribution in [3.63, 3.8) is 0 Å². The molecule has 1 fully saturated rings. The Labute approximate surface area is 74.3 Å². The molecule has 1 unspecified atom stereocenters. The molecular weight excluding hydrogens is 158 g/mol. The maximum atomic E-state index is 5.39. The largest absolute Gasteiger partial charge is 0.378 e. The number of ether oxygens (including phenoxy) is 1. The molecule has 0 aliphatic carbocycles. The minimum Gasteiger partial charge on any atom is -0.378 e. The highest BCUT2D eigenvalue weighted by atomic mass is 32.1. The summed E-state index contributed by atoms with van der Waals surface area (Å²) in [5.74, 6) is 0. The third kappa shape index (κ3) is 2.10. The Morgan fingerprint density at radius 3 is 2.55 bits per heavy atom. The van der Waals surface area contributed by atoms with Crippen LogP contribution < -0.4 is 0 Å². The molecule has 0 bridgehead atoms. The van der Waals surface area contributed by atoms with Crippen LogP contribution >= 0.6 is 12.6 Å². The van der Waals surface area contributed by atoms with Gasteiger partial charge in [0.05, 0.1) is 18.6 Å². The van der Waals surface area contributed by atoms with Crippen molar-refractivity contribution in [2.75, 3.05) is 19.8 Å². The second kappa shape index (κ2) is 3.33. The van der Waals surface area contributed by atoms with Gasteiger partial charge in [0.2, 0.25) is 0 Å². The molecule has 0 aromatic rings. The summed E-state index contributed by atoms with van der Waals surface area (Å²) in [5.41, 5.74) is 0.152. The van der Waals surface area contributed by atoms with Gasteiger partial charge in [-0.15, -0.1) is 0 Å². The van der Waals surface area contributed by atoms with Gasteiger partial charge >= 0.3 is 0 Å². The van der Waals surface area contributed by atoms with Crippen LogP contribution in [0.1, 0.15) is 20.8 Å². The predicted octanol–water partition coefficient (Wildman–Crippen LogP) is 1.37. The fraction of sp³-hybridized carbons (Fsp3) is 1.00. The second-order valence-electron chi connectivity index (χ2n) is 3.69. The van der Waals surface area contributed by atoms with Crippen LogP contribution in [0.4, 0.5) is 0 Å². The number of rotatable bonds is 1. The molecule has 0 saturated carbocycles. The third-order valence-electron chi connectivity index (χ3n) is 2.16. The van der Waals surface area contributed by atoms with Crippen LogP contribution in [0.2, 0.25) is 0 Å². The summed E-state index contributed by atoms with van der Waals surface area (Å²) in [6.45, 7) is 9.15. The number of hydrogen-bond donors (Lipinski definition) is 1. The van der Waals surface area contributed by atoms with Crippen molar-refractivity contribution >= 4 is 12.6 Å². The van der Waals surface area contributed by atoms with Gasteiger partial charge in [0.15, 0.2) is 0 Å². The normalized spacial score (nSPS) is 28.4. The van der Waals surface area contributed by atoms with E-state index in [1.54, 1.807) is 0 Å². The van der Waals surface area contributed by atoms with Crippen LogP contribution in [0.5, 0.6) is 0 Å². The van der Waals surface area contributed by atoms with Crippen molar-refractivity contribution in [3.8, 4) is 0 Å². The molecule has 0 N–H and O–H groups in total. The van der Waals surface area contributed by atoms with E-state index in [1.165, 1.54) is 0 Å². The van der Waals surface area contributed by atoms with Gasteiger partial charge in [-0.2, -0.15) is 12.6 Å². The molecule has 1 aliphatic heterocycles. The maximum Gasteiger partial charge on any atom is 0.0646 e. The van der Waals surface area contributed by atoms with Crippen LogP contribution in [0, 0.1) is 0 Å². The summed E-state index contributed by atoms with van der Waals surface area (Å²) in [7, 11) is 0. The van der Waals surface area contributed by atoms with Crippen LogP contribution in [0.15, 0.2) is 0 Å². The summed E-state index contributed by atoms with van der Waals surface area (Å²) in [6, 6.07) is 0. The van der Waals surface area contributed by atoms with E-state index in [0.717, 1.165) is 19.8 Å². The summed E-state index contributed by atoms with van der Waals surface area (Å²) >= 11 is 4.42. The SMILES string of the molecule is CC(S)N1CCOCC1(C)C. The standard InChI is InChI=1S/C8H17NOS/c1-7(11)9-4-5-10-6-8(9,2)3/h7,11H,4-6H2,1-3H3. The highest BCUT2D eigenvalue weighted by molar-refractivity contribution is 7.80. The first-order valence-corrected chi connectivity index (χ1v) is 4.58. The van der Waals surface area contributed by atoms with Gasteiger partial charge in [-0.05, 0) is 20.8 Å². The first-order valence-electron chi connectivity index (χ1n) is 4.06. The van der Waals surface area contributed by atoms with E-state index in [0.29, 0.717) is 5.37 Å². The van der Waals surface area contributed by atoms with Gasteiger partial charge < -0.3 is 4.74 Å². The van der Waals surface area contributed by atoms with Crippen molar-refractivity contribution in [3.05, 3.63) is 0 Å². The van der Waals surface area contributed by atoms with Crippen molar-refractivity contribution in [2.24, 2.45) is 0 Å². The van der Waals surface area contributed by atoms with Crippen LogP contribution in [-0.2, 0) is 4.74 Å². The van der Waals surface area contributed by atoms with Crippen LogP contribution in [-0.4, -0.2) is 35.6 Å². The lowest BCUT2D eigenvalue weighted by atomic mass is 10.0. The fourth-order valence-electron chi connectivity index (χ4n) is 1.56. The zero-order valence-electron chi connectivity index (χ0n) is 7.50. The molecule has 3 heteroatoms. The average Bonchev–Trinajstić information content (AvgIpc) is 1.85. The van der Waals surface area contributed by atoms with E-state index < -0.39 is 0 Å². The first kappa shape index (κ1) is 9.36. The lowest BCUT2D eigenvalue weighted by Crippen LogP contribution is -2.55. The first-order chi connectivity index (χ1) is 5.04. The topological polar surface area (TPSA) is 12.5 Å². The van der Waals surface area contributed by atoms with Crippen LogP contribution in [0.25, 0.3) is 0 Å². The molecule has 66 valence electrons. The summed E-state index contributed by atoms with van der Waals surface area (Å²) < 4.78 is 5.39. The Morgan fingerprint density at radius 2 is 2.18 bits per heavy atom. The molecule has 0 amide bonds. The Hall–Kier alpha value is 0.270. The molecule has 0 aromatic heterocycles. The Morgan fingerprint density at radius 1 is 1.55 bits per heavy atom. The van der Waals surface area contributed by atoms with Gasteiger partial charge in [-0.1, -0.05) is 0 Å². The number of morpholine rings is 1. The van der Waals surface area contributed by atoms with Gasteiger partial charge in [0, 0.05) is 12.1 Å². The molecular formula is C8H17NOS. The third-order valence-corrected chi connectivity index (χ3v) is 2.44. The van der Waals surface area contributed by atoms with Gasteiger partial charge in [-0.3, -0.25) is 4.90 Å². The van der Waals surface area contributed by atoms with E-state index in [2.05, 4.69) is 38.3 Å². The van der Waals surface area contributed by atoms with Gasteiger partial charge in [0.1, 0.15) is 0 Å². The molecule has 2 nitrogen and oxygen atoms in total. The zero-order valence-corrected chi connectivity index (χ0v) is 8.40. The van der Waals surface area contributed by atoms with Crippen molar-refractivity contribution < 1.29 is 4.74 Å².